The fourth-order valence-electron chi connectivity index (χ4n) is 5.75. The fraction of sp³-hybridized carbons (Fsp3) is 0.357. The molecule has 210 valence electrons. The van der Waals surface area contributed by atoms with E-state index >= 15 is 0 Å². The second-order valence-corrected chi connectivity index (χ2v) is 10.0. The molecule has 0 aromatic heterocycles. The van der Waals surface area contributed by atoms with Gasteiger partial charge in [-0.25, -0.2) is 14.1 Å². The molecule has 2 heterocycles. The van der Waals surface area contributed by atoms with Crippen LogP contribution in [0.5, 0.6) is 0 Å². The van der Waals surface area contributed by atoms with Crippen molar-refractivity contribution < 1.29 is 36.7 Å². The van der Waals surface area contributed by atoms with Gasteiger partial charge in [0.15, 0.2) is 0 Å². The van der Waals surface area contributed by atoms with E-state index in [1.54, 1.807) is 31.4 Å². The van der Waals surface area contributed by atoms with Crippen LogP contribution in [0.3, 0.4) is 0 Å². The summed E-state index contributed by atoms with van der Waals surface area (Å²) in [6.07, 6.45) is -3.14. The zero-order valence-corrected chi connectivity index (χ0v) is 21.5. The Kier molecular flexibility index (Phi) is 6.89. The Hall–Kier alpha value is -4.22. The molecule has 1 spiro atoms. The number of fused-ring (bicyclic) bond motifs is 3. The maximum absolute atomic E-state index is 14.0. The summed E-state index contributed by atoms with van der Waals surface area (Å²) < 4.78 is 61.3. The molecule has 2 aromatic carbocycles. The Bertz CT molecular complexity index is 1440. The van der Waals surface area contributed by atoms with E-state index in [1.807, 2.05) is 0 Å². The summed E-state index contributed by atoms with van der Waals surface area (Å²) in [5.74, 6) is -2.46. The van der Waals surface area contributed by atoms with Gasteiger partial charge in [-0.2, -0.15) is 13.2 Å². The molecule has 2 aliphatic heterocycles. The average Bonchev–Trinajstić information content (AvgIpc) is 3.29. The molecule has 1 unspecified atom stereocenters. The molecule has 1 fully saturated rings. The van der Waals surface area contributed by atoms with Crippen LogP contribution in [-0.4, -0.2) is 59.7 Å². The maximum atomic E-state index is 14.0. The third-order valence-corrected chi connectivity index (χ3v) is 7.71. The summed E-state index contributed by atoms with van der Waals surface area (Å²) in [4.78, 5) is 40.9. The topological polar surface area (TPSA) is 103 Å². The summed E-state index contributed by atoms with van der Waals surface area (Å²) in [5.41, 5.74) is 1.54. The largest absolute Gasteiger partial charge is 0.427 e. The van der Waals surface area contributed by atoms with Crippen molar-refractivity contribution in [1.82, 2.24) is 15.1 Å². The Labute approximate surface area is 227 Å². The van der Waals surface area contributed by atoms with Crippen LogP contribution in [0.4, 0.5) is 22.4 Å². The monoisotopic (exact) mass is 558 g/mol. The molecule has 1 saturated heterocycles. The van der Waals surface area contributed by atoms with E-state index < -0.39 is 61.1 Å². The number of carbonyl (C=O) groups is 3. The highest BCUT2D eigenvalue weighted by atomic mass is 19.4. The number of ether oxygens (including phenoxy) is 1. The molecule has 2 aromatic rings. The molecule has 3 aliphatic rings. The molecule has 0 bridgehead atoms. The summed E-state index contributed by atoms with van der Waals surface area (Å²) in [5, 5.41) is 10.5. The van der Waals surface area contributed by atoms with E-state index in [2.05, 4.69) is 5.32 Å². The summed E-state index contributed by atoms with van der Waals surface area (Å²) in [7, 11) is 1.69. The highest BCUT2D eigenvalue weighted by molar-refractivity contribution is 6.09. The molecule has 8 nitrogen and oxygen atoms in total. The van der Waals surface area contributed by atoms with Crippen molar-refractivity contribution in [3.8, 4) is 0 Å². The van der Waals surface area contributed by atoms with E-state index in [1.165, 1.54) is 12.3 Å². The van der Waals surface area contributed by atoms with Gasteiger partial charge in [-0.05, 0) is 53.6 Å². The first-order valence-electron chi connectivity index (χ1n) is 12.7. The van der Waals surface area contributed by atoms with Gasteiger partial charge in [0.1, 0.15) is 18.4 Å². The number of halogens is 4. The minimum atomic E-state index is -4.77. The Balaban J connectivity index is 1.41. The Morgan fingerprint density at radius 3 is 2.62 bits per heavy atom. The lowest BCUT2D eigenvalue weighted by Crippen LogP contribution is -2.52. The third-order valence-electron chi connectivity index (χ3n) is 7.71. The number of benzene rings is 2. The quantitative estimate of drug-likeness (QED) is 0.426. The number of allylic oxidation sites excluding steroid dienone is 1. The van der Waals surface area contributed by atoms with Gasteiger partial charge in [0.2, 0.25) is 11.5 Å². The second-order valence-electron chi connectivity index (χ2n) is 10.0. The van der Waals surface area contributed by atoms with Crippen LogP contribution in [0.15, 0.2) is 42.6 Å². The standard InChI is InChI=1S/C28H26F4N4O4/c1-34-13-20(12-33)16-3-6-22-18(10-16)8-9-27(22)25(38)36(26(39)40-27)15-24(37)35-14-19-2-5-21(29)11-17(19)4-7-23(35)28(30,31)32/h2-3,5-6,10-13,23,33-34H,4,7-9,14-15H2,1H3/b20-13+,33-12?/t23-,27?/m0/s1. The van der Waals surface area contributed by atoms with Crippen molar-refractivity contribution in [3.05, 3.63) is 76.2 Å². The predicted octanol–water partition coefficient (Wildman–Crippen LogP) is 4.06. The van der Waals surface area contributed by atoms with Crippen LogP contribution >= 0.6 is 0 Å². The third kappa shape index (κ3) is 4.61. The first kappa shape index (κ1) is 27.4. The highest BCUT2D eigenvalue weighted by Crippen LogP contribution is 2.46. The van der Waals surface area contributed by atoms with Crippen LogP contribution in [0.2, 0.25) is 0 Å². The number of rotatable bonds is 5. The smallest absolute Gasteiger partial charge is 0.418 e. The Morgan fingerprint density at radius 1 is 1.15 bits per heavy atom. The van der Waals surface area contributed by atoms with Crippen LogP contribution in [0.1, 0.15) is 40.7 Å². The average molecular weight is 559 g/mol. The van der Waals surface area contributed by atoms with Crippen molar-refractivity contribution >= 4 is 29.7 Å². The van der Waals surface area contributed by atoms with Crippen LogP contribution in [-0.2, 0) is 39.3 Å². The number of nitrogens with one attached hydrogen (secondary N) is 2. The number of nitrogens with zero attached hydrogens (tertiary/aromatic N) is 2. The van der Waals surface area contributed by atoms with Crippen molar-refractivity contribution in [1.29, 1.82) is 5.41 Å². The highest BCUT2D eigenvalue weighted by Gasteiger charge is 2.59. The number of amides is 3. The SMILES string of the molecule is CN/C=C(\C=N)c1ccc2c(c1)CCC21OC(=O)N(CC(=O)N2Cc3ccc(F)cc3CC[C@H]2C(F)(F)F)C1=O. The van der Waals surface area contributed by atoms with Crippen molar-refractivity contribution in [3.63, 3.8) is 0 Å². The van der Waals surface area contributed by atoms with E-state index in [0.717, 1.165) is 17.7 Å². The van der Waals surface area contributed by atoms with Crippen LogP contribution < -0.4 is 5.32 Å². The maximum Gasteiger partial charge on any atom is 0.418 e. The minimum absolute atomic E-state index is 0.0865. The number of imide groups is 1. The molecule has 5 rings (SSSR count). The van der Waals surface area contributed by atoms with Crippen molar-refractivity contribution in [2.24, 2.45) is 0 Å². The van der Waals surface area contributed by atoms with Gasteiger partial charge >= 0.3 is 12.3 Å². The van der Waals surface area contributed by atoms with Crippen LogP contribution in [0.25, 0.3) is 5.57 Å². The molecule has 12 heteroatoms. The molecule has 3 amide bonds. The normalized spacial score (nSPS) is 22.6. The number of hydrogen-bond acceptors (Lipinski definition) is 6. The minimum Gasteiger partial charge on any atom is -0.427 e. The van der Waals surface area contributed by atoms with Gasteiger partial charge in [0, 0.05) is 43.6 Å². The lowest BCUT2D eigenvalue weighted by Gasteiger charge is -2.32. The fourth-order valence-corrected chi connectivity index (χ4v) is 5.75. The zero-order valence-electron chi connectivity index (χ0n) is 21.5. The lowest BCUT2D eigenvalue weighted by atomic mass is 9.93. The van der Waals surface area contributed by atoms with Gasteiger partial charge in [-0.15, -0.1) is 0 Å². The molecule has 1 aliphatic carbocycles. The second kappa shape index (κ2) is 10.1. The first-order chi connectivity index (χ1) is 19.0. The van der Waals surface area contributed by atoms with Gasteiger partial charge in [0.25, 0.3) is 5.91 Å². The molecular formula is C28H26F4N4O4. The number of hydrogen-bond donors (Lipinski definition) is 2. The molecular weight excluding hydrogens is 532 g/mol. The van der Waals surface area contributed by atoms with Gasteiger partial charge in [-0.1, -0.05) is 24.3 Å². The van der Waals surface area contributed by atoms with Crippen molar-refractivity contribution in [2.75, 3.05) is 13.6 Å². The van der Waals surface area contributed by atoms with E-state index in [9.17, 15) is 31.9 Å². The zero-order chi connectivity index (χ0) is 28.8. The summed E-state index contributed by atoms with van der Waals surface area (Å²) in [6, 6.07) is 6.54. The number of alkyl halides is 3. The molecule has 2 N–H and O–H groups in total. The molecule has 2 atom stereocenters. The van der Waals surface area contributed by atoms with E-state index in [-0.39, 0.29) is 12.8 Å². The van der Waals surface area contributed by atoms with Gasteiger partial charge in [-0.3, -0.25) is 9.59 Å². The predicted molar refractivity (Wildman–Crippen MR) is 136 cm³/mol. The number of aryl methyl sites for hydroxylation is 2. The van der Waals surface area contributed by atoms with E-state index in [0.29, 0.717) is 44.0 Å². The van der Waals surface area contributed by atoms with Gasteiger partial charge in [0.05, 0.1) is 0 Å². The van der Waals surface area contributed by atoms with Crippen molar-refractivity contribution in [2.45, 2.75) is 50.0 Å². The molecule has 0 radical (unpaired) electrons. The Morgan fingerprint density at radius 2 is 1.93 bits per heavy atom. The number of carbonyl (C=O) groups excluding carboxylic acids is 3. The molecule has 0 saturated carbocycles. The first-order valence-corrected chi connectivity index (χ1v) is 12.7. The van der Waals surface area contributed by atoms with Gasteiger partial charge < -0.3 is 20.4 Å². The summed E-state index contributed by atoms with van der Waals surface area (Å²) in [6.45, 7) is -1.36. The van der Waals surface area contributed by atoms with E-state index in [4.69, 9.17) is 10.1 Å². The lowest BCUT2D eigenvalue weighted by molar-refractivity contribution is -0.192. The molecule has 40 heavy (non-hydrogen) atoms. The summed E-state index contributed by atoms with van der Waals surface area (Å²) >= 11 is 0. The van der Waals surface area contributed by atoms with Crippen LogP contribution in [0, 0.1) is 11.2 Å².